The van der Waals surface area contributed by atoms with Crippen LogP contribution in [-0.4, -0.2) is 11.2 Å². The van der Waals surface area contributed by atoms with Crippen molar-refractivity contribution in [2.45, 2.75) is 19.4 Å². The molecule has 1 atom stereocenters. The Morgan fingerprint density at radius 3 is 2.80 bits per heavy atom. The Labute approximate surface area is 62.4 Å². The maximum absolute atomic E-state index is 9.10. The highest BCUT2D eigenvalue weighted by molar-refractivity contribution is 5.00. The molecule has 0 rings (SSSR count). The summed E-state index contributed by atoms with van der Waals surface area (Å²) in [6.45, 7) is 5.41. The van der Waals surface area contributed by atoms with Gasteiger partial charge in [0.05, 0.1) is 6.10 Å². The van der Waals surface area contributed by atoms with Gasteiger partial charge in [0.15, 0.2) is 0 Å². The molecule has 0 aliphatic carbocycles. The van der Waals surface area contributed by atoms with Crippen LogP contribution in [0.2, 0.25) is 0 Å². The molecule has 1 N–H and O–H groups in total. The van der Waals surface area contributed by atoms with Crippen LogP contribution in [0.5, 0.6) is 0 Å². The molecule has 1 unspecified atom stereocenters. The number of hydrogen-bond acceptors (Lipinski definition) is 1. The average molecular weight is 138 g/mol. The SMILES string of the molecule is C=CC=CCC(O)C=CC. The zero-order chi connectivity index (χ0) is 7.82. The maximum atomic E-state index is 9.10. The van der Waals surface area contributed by atoms with Crippen LogP contribution in [0, 0.1) is 0 Å². The molecular weight excluding hydrogens is 124 g/mol. The molecule has 0 fully saturated rings. The van der Waals surface area contributed by atoms with E-state index in [1.807, 2.05) is 25.2 Å². The first-order valence-corrected chi connectivity index (χ1v) is 3.39. The lowest BCUT2D eigenvalue weighted by atomic mass is 10.2. The van der Waals surface area contributed by atoms with Gasteiger partial charge in [0.25, 0.3) is 0 Å². The highest BCUT2D eigenvalue weighted by Gasteiger charge is 1.91. The molecule has 0 aliphatic heterocycles. The molecule has 56 valence electrons. The minimum atomic E-state index is -0.346. The van der Waals surface area contributed by atoms with Crippen molar-refractivity contribution < 1.29 is 5.11 Å². The van der Waals surface area contributed by atoms with Crippen LogP contribution in [0.3, 0.4) is 0 Å². The molecule has 0 heterocycles. The van der Waals surface area contributed by atoms with E-state index >= 15 is 0 Å². The van der Waals surface area contributed by atoms with E-state index in [4.69, 9.17) is 5.11 Å². The first-order valence-electron chi connectivity index (χ1n) is 3.39. The fraction of sp³-hybridized carbons (Fsp3) is 0.333. The molecule has 0 amide bonds. The van der Waals surface area contributed by atoms with Crippen LogP contribution < -0.4 is 0 Å². The van der Waals surface area contributed by atoms with Gasteiger partial charge in [-0.05, 0) is 13.3 Å². The van der Waals surface area contributed by atoms with Gasteiger partial charge in [0.2, 0.25) is 0 Å². The number of hydrogen-bond donors (Lipinski definition) is 1. The Bertz CT molecular complexity index is 134. The first-order chi connectivity index (χ1) is 4.81. The lowest BCUT2D eigenvalue weighted by Gasteiger charge is -1.97. The fourth-order valence-electron chi connectivity index (χ4n) is 0.615. The van der Waals surface area contributed by atoms with Crippen molar-refractivity contribution in [3.63, 3.8) is 0 Å². The van der Waals surface area contributed by atoms with E-state index in [1.54, 1.807) is 12.2 Å². The van der Waals surface area contributed by atoms with E-state index in [0.717, 1.165) is 0 Å². The largest absolute Gasteiger partial charge is 0.389 e. The quantitative estimate of drug-likeness (QED) is 0.465. The molecule has 1 nitrogen and oxygen atoms in total. The van der Waals surface area contributed by atoms with Gasteiger partial charge in [0, 0.05) is 0 Å². The summed E-state index contributed by atoms with van der Waals surface area (Å²) in [6, 6.07) is 0. The summed E-state index contributed by atoms with van der Waals surface area (Å²) in [7, 11) is 0. The second-order valence-electron chi connectivity index (χ2n) is 1.99. The molecule has 0 radical (unpaired) electrons. The van der Waals surface area contributed by atoms with E-state index in [2.05, 4.69) is 6.58 Å². The molecule has 0 saturated heterocycles. The van der Waals surface area contributed by atoms with Crippen LogP contribution in [0.1, 0.15) is 13.3 Å². The van der Waals surface area contributed by atoms with Gasteiger partial charge in [-0.2, -0.15) is 0 Å². The monoisotopic (exact) mass is 138 g/mol. The summed E-state index contributed by atoms with van der Waals surface area (Å²) in [5.74, 6) is 0. The first kappa shape index (κ1) is 9.18. The zero-order valence-electron chi connectivity index (χ0n) is 6.33. The molecule has 10 heavy (non-hydrogen) atoms. The number of rotatable bonds is 4. The third-order valence-electron chi connectivity index (χ3n) is 1.06. The van der Waals surface area contributed by atoms with Gasteiger partial charge >= 0.3 is 0 Å². The van der Waals surface area contributed by atoms with Crippen molar-refractivity contribution in [1.29, 1.82) is 0 Å². The summed E-state index contributed by atoms with van der Waals surface area (Å²) >= 11 is 0. The topological polar surface area (TPSA) is 20.2 Å². The summed E-state index contributed by atoms with van der Waals surface area (Å²) in [6.07, 6.45) is 9.32. The summed E-state index contributed by atoms with van der Waals surface area (Å²) in [5, 5.41) is 9.10. The highest BCUT2D eigenvalue weighted by Crippen LogP contribution is 1.94. The van der Waals surface area contributed by atoms with Crippen molar-refractivity contribution in [3.05, 3.63) is 37.0 Å². The van der Waals surface area contributed by atoms with Crippen molar-refractivity contribution in [2.75, 3.05) is 0 Å². The Hall–Kier alpha value is -0.820. The van der Waals surface area contributed by atoms with E-state index < -0.39 is 0 Å². The fourth-order valence-corrected chi connectivity index (χ4v) is 0.615. The molecule has 0 bridgehead atoms. The molecule has 1 heteroatoms. The smallest absolute Gasteiger partial charge is 0.0755 e. The lowest BCUT2D eigenvalue weighted by Crippen LogP contribution is -1.98. The van der Waals surface area contributed by atoms with Gasteiger partial charge in [-0.15, -0.1) is 0 Å². The van der Waals surface area contributed by atoms with Gasteiger partial charge in [0.1, 0.15) is 0 Å². The van der Waals surface area contributed by atoms with Crippen LogP contribution in [0.15, 0.2) is 37.0 Å². The number of aliphatic hydroxyl groups is 1. The second kappa shape index (κ2) is 6.30. The minimum absolute atomic E-state index is 0.346. The molecule has 0 spiro atoms. The van der Waals surface area contributed by atoms with Gasteiger partial charge in [-0.25, -0.2) is 0 Å². The molecule has 0 aromatic heterocycles. The average Bonchev–Trinajstić information content (AvgIpc) is 1.89. The Morgan fingerprint density at radius 2 is 2.30 bits per heavy atom. The van der Waals surface area contributed by atoms with Crippen molar-refractivity contribution in [2.24, 2.45) is 0 Å². The van der Waals surface area contributed by atoms with E-state index in [0.29, 0.717) is 6.42 Å². The van der Waals surface area contributed by atoms with Crippen LogP contribution in [-0.2, 0) is 0 Å². The Balaban J connectivity index is 3.47. The molecule has 0 saturated carbocycles. The maximum Gasteiger partial charge on any atom is 0.0755 e. The zero-order valence-corrected chi connectivity index (χ0v) is 6.33. The van der Waals surface area contributed by atoms with E-state index in [1.165, 1.54) is 0 Å². The van der Waals surface area contributed by atoms with Gasteiger partial charge in [-0.1, -0.05) is 37.0 Å². The summed E-state index contributed by atoms with van der Waals surface area (Å²) < 4.78 is 0. The molecular formula is C9H14O. The second-order valence-corrected chi connectivity index (χ2v) is 1.99. The normalized spacial score (nSPS) is 14.6. The van der Waals surface area contributed by atoms with E-state index in [9.17, 15) is 0 Å². The van der Waals surface area contributed by atoms with E-state index in [-0.39, 0.29) is 6.10 Å². The van der Waals surface area contributed by atoms with Crippen molar-refractivity contribution in [3.8, 4) is 0 Å². The molecule has 0 aromatic rings. The minimum Gasteiger partial charge on any atom is -0.389 e. The number of aliphatic hydroxyl groups excluding tert-OH is 1. The predicted molar refractivity (Wildman–Crippen MR) is 44.8 cm³/mol. The molecule has 0 aromatic carbocycles. The highest BCUT2D eigenvalue weighted by atomic mass is 16.3. The van der Waals surface area contributed by atoms with Crippen LogP contribution in [0.25, 0.3) is 0 Å². The lowest BCUT2D eigenvalue weighted by molar-refractivity contribution is 0.227. The third kappa shape index (κ3) is 5.32. The van der Waals surface area contributed by atoms with Gasteiger partial charge in [-0.3, -0.25) is 0 Å². The van der Waals surface area contributed by atoms with Crippen LogP contribution >= 0.6 is 0 Å². The van der Waals surface area contributed by atoms with Gasteiger partial charge < -0.3 is 5.11 Å². The standard InChI is InChI=1S/C9H14O/c1-3-5-6-8-9(10)7-4-2/h3-7,9-10H,1,8H2,2H3. The third-order valence-corrected chi connectivity index (χ3v) is 1.06. The molecule has 0 aliphatic rings. The Morgan fingerprint density at radius 1 is 1.60 bits per heavy atom. The number of allylic oxidation sites excluding steroid dienone is 3. The summed E-state index contributed by atoms with van der Waals surface area (Å²) in [5.41, 5.74) is 0. The van der Waals surface area contributed by atoms with Crippen LogP contribution in [0.4, 0.5) is 0 Å². The van der Waals surface area contributed by atoms with Crippen molar-refractivity contribution >= 4 is 0 Å². The Kier molecular flexibility index (Phi) is 5.79. The summed E-state index contributed by atoms with van der Waals surface area (Å²) in [4.78, 5) is 0. The van der Waals surface area contributed by atoms with Crippen molar-refractivity contribution in [1.82, 2.24) is 0 Å². The predicted octanol–water partition coefficient (Wildman–Crippen LogP) is 2.06.